The summed E-state index contributed by atoms with van der Waals surface area (Å²) in [5.41, 5.74) is 7.20. The molecule has 1 saturated heterocycles. The standard InChI is InChI=1S/C21H15BrN4O3S/c22-13-4-3-5-14(9-13)26-20(29)16(19(28)24-21(26)30)8-12-10-25(11-18(23)27)17-7-2-1-6-15(12)17/h1-10H,11H2,(H2,23,27)(H,24,28,30)/b16-8+. The van der Waals surface area contributed by atoms with Crippen LogP contribution < -0.4 is 16.0 Å². The molecular weight excluding hydrogens is 468 g/mol. The summed E-state index contributed by atoms with van der Waals surface area (Å²) < 4.78 is 2.46. The summed E-state index contributed by atoms with van der Waals surface area (Å²) in [5.74, 6) is -1.61. The Morgan fingerprint density at radius 2 is 1.93 bits per heavy atom. The van der Waals surface area contributed by atoms with Gasteiger partial charge in [0.1, 0.15) is 12.1 Å². The molecule has 0 unspecified atom stereocenters. The molecule has 2 heterocycles. The lowest BCUT2D eigenvalue weighted by atomic mass is 10.1. The highest BCUT2D eigenvalue weighted by atomic mass is 79.9. The van der Waals surface area contributed by atoms with Crippen LogP contribution in [0.25, 0.3) is 17.0 Å². The van der Waals surface area contributed by atoms with Gasteiger partial charge in [-0.05, 0) is 42.6 Å². The number of halogens is 1. The molecule has 1 fully saturated rings. The van der Waals surface area contributed by atoms with Crippen LogP contribution in [-0.4, -0.2) is 27.4 Å². The number of aromatic nitrogens is 1. The average molecular weight is 483 g/mol. The molecule has 2 aromatic carbocycles. The number of anilines is 1. The summed E-state index contributed by atoms with van der Waals surface area (Å²) in [6, 6.07) is 14.4. The summed E-state index contributed by atoms with van der Waals surface area (Å²) in [7, 11) is 0. The zero-order valence-corrected chi connectivity index (χ0v) is 17.9. The van der Waals surface area contributed by atoms with Crippen LogP contribution in [0, 0.1) is 0 Å². The Morgan fingerprint density at radius 1 is 1.17 bits per heavy atom. The molecule has 150 valence electrons. The van der Waals surface area contributed by atoms with Gasteiger partial charge >= 0.3 is 0 Å². The van der Waals surface area contributed by atoms with Gasteiger partial charge in [-0.2, -0.15) is 0 Å². The molecule has 0 atom stereocenters. The van der Waals surface area contributed by atoms with Gasteiger partial charge in [0.2, 0.25) is 5.91 Å². The second-order valence-corrected chi connectivity index (χ2v) is 7.94. The van der Waals surface area contributed by atoms with Crippen LogP contribution in [0.2, 0.25) is 0 Å². The van der Waals surface area contributed by atoms with Gasteiger partial charge in [0.25, 0.3) is 11.8 Å². The van der Waals surface area contributed by atoms with Crippen molar-refractivity contribution in [2.24, 2.45) is 5.73 Å². The van der Waals surface area contributed by atoms with E-state index in [0.717, 1.165) is 15.4 Å². The third-order valence-electron chi connectivity index (χ3n) is 4.61. The number of fused-ring (bicyclic) bond motifs is 1. The van der Waals surface area contributed by atoms with Crippen molar-refractivity contribution in [1.82, 2.24) is 9.88 Å². The Hall–Kier alpha value is -3.30. The van der Waals surface area contributed by atoms with Gasteiger partial charge in [-0.25, -0.2) is 0 Å². The molecule has 0 radical (unpaired) electrons. The SMILES string of the molecule is NC(=O)Cn1cc(/C=C2\C(=O)NC(=S)N(c3cccc(Br)c3)C2=O)c2ccccc21. The van der Waals surface area contributed by atoms with Crippen molar-refractivity contribution >= 4 is 73.6 Å². The Kier molecular flexibility index (Phi) is 5.23. The number of carbonyl (C=O) groups excluding carboxylic acids is 3. The van der Waals surface area contributed by atoms with Gasteiger partial charge in [-0.15, -0.1) is 0 Å². The zero-order valence-electron chi connectivity index (χ0n) is 15.5. The first-order valence-electron chi connectivity index (χ1n) is 8.88. The van der Waals surface area contributed by atoms with Crippen molar-refractivity contribution in [2.75, 3.05) is 4.90 Å². The highest BCUT2D eigenvalue weighted by molar-refractivity contribution is 9.10. The van der Waals surface area contributed by atoms with Crippen molar-refractivity contribution in [1.29, 1.82) is 0 Å². The summed E-state index contributed by atoms with van der Waals surface area (Å²) in [4.78, 5) is 38.5. The first-order valence-corrected chi connectivity index (χ1v) is 10.1. The monoisotopic (exact) mass is 482 g/mol. The number of hydrogen-bond donors (Lipinski definition) is 2. The van der Waals surface area contributed by atoms with Crippen LogP contribution in [0.3, 0.4) is 0 Å². The van der Waals surface area contributed by atoms with E-state index in [2.05, 4.69) is 21.2 Å². The summed E-state index contributed by atoms with van der Waals surface area (Å²) in [6.45, 7) is -0.0158. The van der Waals surface area contributed by atoms with Crippen molar-refractivity contribution < 1.29 is 14.4 Å². The fraction of sp³-hybridized carbons (Fsp3) is 0.0476. The molecule has 4 rings (SSSR count). The van der Waals surface area contributed by atoms with Crippen molar-refractivity contribution in [3.63, 3.8) is 0 Å². The van der Waals surface area contributed by atoms with E-state index in [-0.39, 0.29) is 17.2 Å². The zero-order chi connectivity index (χ0) is 21.4. The van der Waals surface area contributed by atoms with E-state index in [0.29, 0.717) is 11.3 Å². The number of benzene rings is 2. The number of primary amides is 1. The average Bonchev–Trinajstić information content (AvgIpc) is 3.02. The Balaban J connectivity index is 1.81. The largest absolute Gasteiger partial charge is 0.368 e. The maximum atomic E-state index is 13.2. The number of hydrogen-bond acceptors (Lipinski definition) is 4. The predicted octanol–water partition coefficient (Wildman–Crippen LogP) is 2.72. The second kappa shape index (κ2) is 7.85. The number of nitrogens with zero attached hydrogens (tertiary/aromatic N) is 2. The predicted molar refractivity (Wildman–Crippen MR) is 121 cm³/mol. The highest BCUT2D eigenvalue weighted by Gasteiger charge is 2.34. The van der Waals surface area contributed by atoms with Crippen LogP contribution >= 0.6 is 28.1 Å². The highest BCUT2D eigenvalue weighted by Crippen LogP contribution is 2.27. The van der Waals surface area contributed by atoms with Crippen LogP contribution in [0.1, 0.15) is 5.56 Å². The second-order valence-electron chi connectivity index (χ2n) is 6.63. The smallest absolute Gasteiger partial charge is 0.270 e. The quantitative estimate of drug-likeness (QED) is 0.339. The number of carbonyl (C=O) groups is 3. The number of thiocarbonyl (C=S) groups is 1. The number of para-hydroxylation sites is 1. The van der Waals surface area contributed by atoms with Crippen LogP contribution in [0.4, 0.5) is 5.69 Å². The fourth-order valence-electron chi connectivity index (χ4n) is 3.35. The van der Waals surface area contributed by atoms with E-state index in [1.807, 2.05) is 30.3 Å². The molecule has 0 saturated carbocycles. The molecule has 0 bridgehead atoms. The van der Waals surface area contributed by atoms with Gasteiger partial charge < -0.3 is 10.3 Å². The molecule has 1 aromatic heterocycles. The molecule has 9 heteroatoms. The Morgan fingerprint density at radius 3 is 2.67 bits per heavy atom. The topological polar surface area (TPSA) is 97.4 Å². The third-order valence-corrected chi connectivity index (χ3v) is 5.39. The first-order chi connectivity index (χ1) is 14.3. The van der Waals surface area contributed by atoms with E-state index in [9.17, 15) is 14.4 Å². The molecule has 3 amide bonds. The third kappa shape index (κ3) is 3.64. The van der Waals surface area contributed by atoms with Crippen LogP contribution in [0.15, 0.2) is 64.8 Å². The lowest BCUT2D eigenvalue weighted by Crippen LogP contribution is -2.54. The molecule has 7 nitrogen and oxygen atoms in total. The van der Waals surface area contributed by atoms with Gasteiger partial charge in [-0.3, -0.25) is 24.6 Å². The van der Waals surface area contributed by atoms with E-state index in [1.54, 1.807) is 29.0 Å². The molecule has 1 aliphatic heterocycles. The minimum absolute atomic E-state index is 0.0106. The number of nitrogens with one attached hydrogen (secondary N) is 1. The maximum absolute atomic E-state index is 13.2. The first kappa shape index (κ1) is 20.0. The van der Waals surface area contributed by atoms with Gasteiger partial charge in [0.05, 0.1) is 5.69 Å². The molecule has 0 aliphatic carbocycles. The molecule has 3 aromatic rings. The normalized spacial score (nSPS) is 15.7. The molecule has 0 spiro atoms. The summed E-state index contributed by atoms with van der Waals surface area (Å²) in [5, 5.41) is 3.36. The fourth-order valence-corrected chi connectivity index (χ4v) is 4.02. The van der Waals surface area contributed by atoms with E-state index >= 15 is 0 Å². The van der Waals surface area contributed by atoms with Crippen molar-refractivity contribution in [3.05, 3.63) is 70.3 Å². The van der Waals surface area contributed by atoms with Crippen molar-refractivity contribution in [3.8, 4) is 0 Å². The van der Waals surface area contributed by atoms with E-state index < -0.39 is 17.7 Å². The molecule has 3 N–H and O–H groups in total. The van der Waals surface area contributed by atoms with Gasteiger partial charge in [0, 0.05) is 27.1 Å². The lowest BCUT2D eigenvalue weighted by Gasteiger charge is -2.29. The Labute approximate surface area is 185 Å². The lowest BCUT2D eigenvalue weighted by molar-refractivity contribution is -0.122. The number of amides is 3. The van der Waals surface area contributed by atoms with E-state index in [4.69, 9.17) is 18.0 Å². The minimum atomic E-state index is -0.581. The summed E-state index contributed by atoms with van der Waals surface area (Å²) in [6.07, 6.45) is 3.20. The Bertz CT molecular complexity index is 1260. The van der Waals surface area contributed by atoms with Gasteiger partial charge in [0.15, 0.2) is 5.11 Å². The van der Waals surface area contributed by atoms with Gasteiger partial charge in [-0.1, -0.05) is 40.2 Å². The molecular formula is C21H15BrN4O3S. The number of rotatable bonds is 4. The van der Waals surface area contributed by atoms with E-state index in [1.165, 1.54) is 11.0 Å². The number of nitrogens with two attached hydrogens (primary N) is 1. The summed E-state index contributed by atoms with van der Waals surface area (Å²) >= 11 is 8.60. The van der Waals surface area contributed by atoms with Crippen molar-refractivity contribution in [2.45, 2.75) is 6.54 Å². The minimum Gasteiger partial charge on any atom is -0.368 e. The molecule has 30 heavy (non-hydrogen) atoms. The molecule has 1 aliphatic rings. The van der Waals surface area contributed by atoms with Crippen LogP contribution in [-0.2, 0) is 20.9 Å². The maximum Gasteiger partial charge on any atom is 0.270 e. The van der Waals surface area contributed by atoms with Crippen LogP contribution in [0.5, 0.6) is 0 Å².